The monoisotopic (exact) mass is 208 g/mol. The smallest absolute Gasteiger partial charge is 0.260 e. The van der Waals surface area contributed by atoms with Crippen LogP contribution in [0.2, 0.25) is 0 Å². The van der Waals surface area contributed by atoms with Gasteiger partial charge in [0.15, 0.2) is 0 Å². The number of aromatic amines is 1. The molecule has 0 radical (unpaired) electrons. The molecule has 0 saturated heterocycles. The minimum Gasteiger partial charge on any atom is -0.349 e. The first-order valence-corrected chi connectivity index (χ1v) is 5.01. The highest BCUT2D eigenvalue weighted by Crippen LogP contribution is 2.00. The summed E-state index contributed by atoms with van der Waals surface area (Å²) in [5.41, 5.74) is -0.198. The zero-order chi connectivity index (χ0) is 11.4. The molecule has 1 atom stereocenters. The minimum atomic E-state index is -0.356. The van der Waals surface area contributed by atoms with E-state index in [1.165, 1.54) is 12.3 Å². The highest BCUT2D eigenvalue weighted by atomic mass is 16.2. The third-order valence-electron chi connectivity index (χ3n) is 2.42. The van der Waals surface area contributed by atoms with Crippen molar-refractivity contribution in [3.8, 4) is 0 Å². The molecule has 4 heteroatoms. The summed E-state index contributed by atoms with van der Waals surface area (Å²) >= 11 is 0. The molecule has 4 nitrogen and oxygen atoms in total. The van der Waals surface area contributed by atoms with Crippen LogP contribution in [0.4, 0.5) is 0 Å². The van der Waals surface area contributed by atoms with E-state index >= 15 is 0 Å². The quantitative estimate of drug-likeness (QED) is 0.782. The third kappa shape index (κ3) is 2.94. The highest BCUT2D eigenvalue weighted by molar-refractivity contribution is 5.93. The van der Waals surface area contributed by atoms with Gasteiger partial charge in [0.25, 0.3) is 11.5 Å². The second-order valence-corrected chi connectivity index (χ2v) is 3.92. The van der Waals surface area contributed by atoms with Gasteiger partial charge in [0.2, 0.25) is 0 Å². The lowest BCUT2D eigenvalue weighted by atomic mass is 10.1. The predicted molar refractivity (Wildman–Crippen MR) is 58.8 cm³/mol. The van der Waals surface area contributed by atoms with Crippen molar-refractivity contribution in [1.29, 1.82) is 0 Å². The van der Waals surface area contributed by atoms with E-state index in [0.717, 1.165) is 0 Å². The summed E-state index contributed by atoms with van der Waals surface area (Å²) < 4.78 is 0. The number of nitrogens with one attached hydrogen (secondary N) is 2. The number of rotatable bonds is 3. The summed E-state index contributed by atoms with van der Waals surface area (Å²) in [6, 6.07) is 3.20. The number of hydrogen-bond acceptors (Lipinski definition) is 2. The van der Waals surface area contributed by atoms with E-state index in [0.29, 0.717) is 5.92 Å². The topological polar surface area (TPSA) is 62.0 Å². The van der Waals surface area contributed by atoms with Crippen molar-refractivity contribution >= 4 is 5.91 Å². The Morgan fingerprint density at radius 1 is 1.40 bits per heavy atom. The van der Waals surface area contributed by atoms with Gasteiger partial charge in [-0.2, -0.15) is 0 Å². The molecule has 0 aliphatic rings. The first-order chi connectivity index (χ1) is 7.02. The largest absolute Gasteiger partial charge is 0.349 e. The zero-order valence-electron chi connectivity index (χ0n) is 9.20. The molecular weight excluding hydrogens is 192 g/mol. The second kappa shape index (κ2) is 4.77. The Bertz CT molecular complexity index is 396. The molecule has 1 aromatic heterocycles. The number of carbonyl (C=O) groups is 1. The third-order valence-corrected chi connectivity index (χ3v) is 2.42. The van der Waals surface area contributed by atoms with Crippen molar-refractivity contribution in [2.75, 3.05) is 0 Å². The second-order valence-electron chi connectivity index (χ2n) is 3.92. The van der Waals surface area contributed by atoms with Gasteiger partial charge in [-0.1, -0.05) is 13.8 Å². The van der Waals surface area contributed by atoms with Crippen LogP contribution in [-0.2, 0) is 0 Å². The van der Waals surface area contributed by atoms with Crippen LogP contribution in [0.5, 0.6) is 0 Å². The van der Waals surface area contributed by atoms with Crippen LogP contribution in [0.25, 0.3) is 0 Å². The van der Waals surface area contributed by atoms with Gasteiger partial charge in [-0.05, 0) is 25.0 Å². The summed E-state index contributed by atoms with van der Waals surface area (Å²) in [6.45, 7) is 5.94. The normalized spacial score (nSPS) is 12.5. The van der Waals surface area contributed by atoms with Gasteiger partial charge in [-0.25, -0.2) is 0 Å². The van der Waals surface area contributed by atoms with Crippen LogP contribution < -0.4 is 10.9 Å². The lowest BCUT2D eigenvalue weighted by molar-refractivity contribution is 0.0929. The molecule has 2 N–H and O–H groups in total. The predicted octanol–water partition coefficient (Wildman–Crippen LogP) is 1.15. The maximum atomic E-state index is 11.6. The molecule has 0 aliphatic heterocycles. The fourth-order valence-corrected chi connectivity index (χ4v) is 1.05. The summed E-state index contributed by atoms with van der Waals surface area (Å²) in [5, 5.41) is 2.78. The van der Waals surface area contributed by atoms with Gasteiger partial charge in [-0.15, -0.1) is 0 Å². The molecule has 0 fully saturated rings. The molecule has 0 spiro atoms. The van der Waals surface area contributed by atoms with Crippen LogP contribution in [0, 0.1) is 5.92 Å². The molecule has 0 saturated carbocycles. The number of amides is 1. The lowest BCUT2D eigenvalue weighted by Crippen LogP contribution is -2.38. The van der Waals surface area contributed by atoms with Crippen molar-refractivity contribution in [3.63, 3.8) is 0 Å². The first-order valence-electron chi connectivity index (χ1n) is 5.01. The van der Waals surface area contributed by atoms with Gasteiger partial charge >= 0.3 is 0 Å². The van der Waals surface area contributed by atoms with Crippen molar-refractivity contribution in [1.82, 2.24) is 10.3 Å². The Labute approximate surface area is 88.7 Å². The molecule has 1 amide bonds. The van der Waals surface area contributed by atoms with Gasteiger partial charge in [0, 0.05) is 12.2 Å². The Morgan fingerprint density at radius 2 is 2.07 bits per heavy atom. The summed E-state index contributed by atoms with van der Waals surface area (Å²) in [4.78, 5) is 25.4. The molecule has 1 aromatic rings. The summed E-state index contributed by atoms with van der Waals surface area (Å²) in [5.74, 6) is 0.0230. The molecule has 15 heavy (non-hydrogen) atoms. The number of pyridine rings is 1. The van der Waals surface area contributed by atoms with Gasteiger partial charge in [0.1, 0.15) is 5.56 Å². The molecule has 1 rings (SSSR count). The number of H-pyrrole nitrogens is 1. The molecule has 0 bridgehead atoms. The van der Waals surface area contributed by atoms with Crippen LogP contribution in [0.15, 0.2) is 23.1 Å². The Morgan fingerprint density at radius 3 is 2.60 bits per heavy atom. The average molecular weight is 208 g/mol. The van der Waals surface area contributed by atoms with E-state index in [2.05, 4.69) is 10.3 Å². The Kier molecular flexibility index (Phi) is 3.66. The molecule has 82 valence electrons. The van der Waals surface area contributed by atoms with Crippen molar-refractivity contribution in [2.24, 2.45) is 5.92 Å². The number of hydrogen-bond donors (Lipinski definition) is 2. The highest BCUT2D eigenvalue weighted by Gasteiger charge is 2.14. The van der Waals surface area contributed by atoms with E-state index in [4.69, 9.17) is 0 Å². The summed E-state index contributed by atoms with van der Waals surface area (Å²) in [7, 11) is 0. The van der Waals surface area contributed by atoms with E-state index in [1.807, 2.05) is 20.8 Å². The molecule has 0 aliphatic carbocycles. The first kappa shape index (κ1) is 11.5. The Balaban J connectivity index is 2.79. The van der Waals surface area contributed by atoms with E-state index in [-0.39, 0.29) is 23.1 Å². The van der Waals surface area contributed by atoms with E-state index in [1.54, 1.807) is 6.07 Å². The Hall–Kier alpha value is -1.58. The van der Waals surface area contributed by atoms with Crippen molar-refractivity contribution in [3.05, 3.63) is 34.2 Å². The zero-order valence-corrected chi connectivity index (χ0v) is 9.20. The number of aromatic nitrogens is 1. The van der Waals surface area contributed by atoms with Crippen LogP contribution in [0.1, 0.15) is 31.1 Å². The molecule has 1 heterocycles. The average Bonchev–Trinajstić information content (AvgIpc) is 2.18. The standard InChI is InChI=1S/C11H16N2O2/c1-7(2)8(3)13-11(15)9-5-4-6-12-10(9)14/h4-8H,1-3H3,(H,12,14)(H,13,15)/t8-/m1/s1. The number of carbonyl (C=O) groups excluding carboxylic acids is 1. The lowest BCUT2D eigenvalue weighted by Gasteiger charge is -2.16. The fourth-order valence-electron chi connectivity index (χ4n) is 1.05. The minimum absolute atomic E-state index is 0.0529. The van der Waals surface area contributed by atoms with Crippen LogP contribution >= 0.6 is 0 Å². The van der Waals surface area contributed by atoms with Gasteiger partial charge < -0.3 is 10.3 Å². The molecule has 0 aromatic carbocycles. The maximum absolute atomic E-state index is 11.6. The SMILES string of the molecule is CC(C)[C@@H](C)NC(=O)c1ccc[nH]c1=O. The van der Waals surface area contributed by atoms with E-state index < -0.39 is 0 Å². The van der Waals surface area contributed by atoms with Gasteiger partial charge in [-0.3, -0.25) is 9.59 Å². The van der Waals surface area contributed by atoms with Gasteiger partial charge in [0.05, 0.1) is 0 Å². The fraction of sp³-hybridized carbons (Fsp3) is 0.455. The molecule has 0 unspecified atom stereocenters. The van der Waals surface area contributed by atoms with Crippen molar-refractivity contribution in [2.45, 2.75) is 26.8 Å². The summed E-state index contributed by atoms with van der Waals surface area (Å²) in [6.07, 6.45) is 1.50. The maximum Gasteiger partial charge on any atom is 0.260 e. The van der Waals surface area contributed by atoms with Crippen LogP contribution in [-0.4, -0.2) is 16.9 Å². The van der Waals surface area contributed by atoms with Crippen LogP contribution in [0.3, 0.4) is 0 Å². The van der Waals surface area contributed by atoms with E-state index in [9.17, 15) is 9.59 Å². The van der Waals surface area contributed by atoms with Crippen molar-refractivity contribution < 1.29 is 4.79 Å². The molecular formula is C11H16N2O2.